The van der Waals surface area contributed by atoms with Gasteiger partial charge >= 0.3 is 0 Å². The van der Waals surface area contributed by atoms with Gasteiger partial charge in [0.15, 0.2) is 0 Å². The Bertz CT molecular complexity index is 557. The Morgan fingerprint density at radius 2 is 2.24 bits per heavy atom. The molecule has 6 heteroatoms. The van der Waals surface area contributed by atoms with Crippen molar-refractivity contribution < 1.29 is 14.0 Å². The smallest absolute Gasteiger partial charge is 0.228 e. The first kappa shape index (κ1) is 15.5. The van der Waals surface area contributed by atoms with Crippen molar-refractivity contribution in [3.05, 3.63) is 30.2 Å². The molecule has 6 nitrogen and oxygen atoms in total. The van der Waals surface area contributed by atoms with Crippen LogP contribution < -0.4 is 10.1 Å². The van der Waals surface area contributed by atoms with E-state index in [9.17, 15) is 0 Å². The van der Waals surface area contributed by atoms with E-state index in [4.69, 9.17) is 14.0 Å². The molecule has 0 aliphatic rings. The molecule has 0 spiro atoms. The largest absolute Gasteiger partial charge is 0.494 e. The third kappa shape index (κ3) is 4.27. The normalized spacial score (nSPS) is 12.3. The molecule has 2 aromatic rings. The van der Waals surface area contributed by atoms with E-state index in [0.717, 1.165) is 11.3 Å². The summed E-state index contributed by atoms with van der Waals surface area (Å²) < 4.78 is 15.9. The summed E-state index contributed by atoms with van der Waals surface area (Å²) >= 11 is 0. The van der Waals surface area contributed by atoms with Gasteiger partial charge in [0.25, 0.3) is 0 Å². The monoisotopic (exact) mass is 291 g/mol. The highest BCUT2D eigenvalue weighted by atomic mass is 16.5. The molecular weight excluding hydrogens is 270 g/mol. The molecule has 1 aromatic heterocycles. The minimum absolute atomic E-state index is 0.151. The Labute approximate surface area is 124 Å². The third-order valence-corrected chi connectivity index (χ3v) is 3.07. The second-order valence-corrected chi connectivity index (χ2v) is 4.62. The molecule has 0 aliphatic heterocycles. The predicted molar refractivity (Wildman–Crippen MR) is 79.3 cm³/mol. The van der Waals surface area contributed by atoms with E-state index in [0.29, 0.717) is 31.3 Å². The fourth-order valence-electron chi connectivity index (χ4n) is 2.00. The topological polar surface area (TPSA) is 69.4 Å². The Kier molecular flexibility index (Phi) is 5.71. The van der Waals surface area contributed by atoms with E-state index >= 15 is 0 Å². The second-order valence-electron chi connectivity index (χ2n) is 4.62. The summed E-state index contributed by atoms with van der Waals surface area (Å²) in [5.74, 6) is 1.95. The highest BCUT2D eigenvalue weighted by molar-refractivity contribution is 5.56. The Hall–Kier alpha value is -1.92. The van der Waals surface area contributed by atoms with E-state index in [-0.39, 0.29) is 6.04 Å². The SMILES string of the molecule is CCOc1cccc(-c2noc(CC(COC)NC)n2)c1. The van der Waals surface area contributed by atoms with Crippen molar-refractivity contribution in [2.75, 3.05) is 27.4 Å². The van der Waals surface area contributed by atoms with Crippen LogP contribution in [0, 0.1) is 0 Å². The number of hydrogen-bond acceptors (Lipinski definition) is 6. The van der Waals surface area contributed by atoms with Gasteiger partial charge in [0.2, 0.25) is 11.7 Å². The Morgan fingerprint density at radius 3 is 2.95 bits per heavy atom. The molecule has 0 amide bonds. The Morgan fingerprint density at radius 1 is 1.38 bits per heavy atom. The lowest BCUT2D eigenvalue weighted by Gasteiger charge is -2.11. The molecule has 2 rings (SSSR count). The maximum atomic E-state index is 5.48. The quantitative estimate of drug-likeness (QED) is 0.801. The van der Waals surface area contributed by atoms with Crippen LogP contribution in [0.3, 0.4) is 0 Å². The van der Waals surface area contributed by atoms with E-state index in [1.165, 1.54) is 0 Å². The van der Waals surface area contributed by atoms with Crippen molar-refractivity contribution in [1.82, 2.24) is 15.5 Å². The molecule has 1 aromatic carbocycles. The van der Waals surface area contributed by atoms with Crippen LogP contribution in [-0.2, 0) is 11.2 Å². The van der Waals surface area contributed by atoms with Crippen LogP contribution in [-0.4, -0.2) is 43.6 Å². The number of nitrogens with one attached hydrogen (secondary N) is 1. The van der Waals surface area contributed by atoms with Crippen LogP contribution in [0.2, 0.25) is 0 Å². The summed E-state index contributed by atoms with van der Waals surface area (Å²) in [6.07, 6.45) is 0.627. The standard InChI is InChI=1S/C15H21N3O3/c1-4-20-13-7-5-6-11(8-13)15-17-14(21-18-15)9-12(16-2)10-19-3/h5-8,12,16H,4,9-10H2,1-3H3. The van der Waals surface area contributed by atoms with Crippen molar-refractivity contribution in [1.29, 1.82) is 0 Å². The maximum Gasteiger partial charge on any atom is 0.228 e. The molecule has 21 heavy (non-hydrogen) atoms. The average Bonchev–Trinajstić information content (AvgIpc) is 2.96. The molecule has 0 saturated carbocycles. The van der Waals surface area contributed by atoms with E-state index in [1.54, 1.807) is 7.11 Å². The first-order valence-electron chi connectivity index (χ1n) is 6.98. The number of nitrogens with zero attached hydrogens (tertiary/aromatic N) is 2. The predicted octanol–water partition coefficient (Wildman–Crippen LogP) is 1.91. The lowest BCUT2D eigenvalue weighted by molar-refractivity contribution is 0.165. The summed E-state index contributed by atoms with van der Waals surface area (Å²) in [4.78, 5) is 4.42. The minimum atomic E-state index is 0.151. The molecule has 114 valence electrons. The summed E-state index contributed by atoms with van der Waals surface area (Å²) in [5.41, 5.74) is 0.878. The summed E-state index contributed by atoms with van der Waals surface area (Å²) in [6, 6.07) is 7.81. The molecule has 1 heterocycles. The first-order valence-corrected chi connectivity index (χ1v) is 6.98. The van der Waals surface area contributed by atoms with Gasteiger partial charge in [0, 0.05) is 25.1 Å². The molecule has 0 bridgehead atoms. The number of rotatable bonds is 8. The van der Waals surface area contributed by atoms with Gasteiger partial charge in [-0.3, -0.25) is 0 Å². The lowest BCUT2D eigenvalue weighted by Crippen LogP contribution is -2.32. The van der Waals surface area contributed by atoms with E-state index < -0.39 is 0 Å². The van der Waals surface area contributed by atoms with Gasteiger partial charge in [-0.05, 0) is 26.1 Å². The number of benzene rings is 1. The van der Waals surface area contributed by atoms with Crippen LogP contribution in [0.25, 0.3) is 11.4 Å². The number of methoxy groups -OCH3 is 1. The summed E-state index contributed by atoms with van der Waals surface area (Å²) in [7, 11) is 3.55. The molecule has 0 fully saturated rings. The van der Waals surface area contributed by atoms with Gasteiger partial charge in [0.05, 0.1) is 13.2 Å². The van der Waals surface area contributed by atoms with Gasteiger partial charge in [-0.1, -0.05) is 17.3 Å². The van der Waals surface area contributed by atoms with Crippen molar-refractivity contribution >= 4 is 0 Å². The fourth-order valence-corrected chi connectivity index (χ4v) is 2.00. The van der Waals surface area contributed by atoms with E-state index in [2.05, 4.69) is 15.5 Å². The Balaban J connectivity index is 2.10. The average molecular weight is 291 g/mol. The zero-order valence-electron chi connectivity index (χ0n) is 12.6. The molecule has 1 unspecified atom stereocenters. The second kappa shape index (κ2) is 7.75. The van der Waals surface area contributed by atoms with Crippen LogP contribution in [0.15, 0.2) is 28.8 Å². The molecule has 1 atom stereocenters. The first-order chi connectivity index (χ1) is 10.3. The maximum absolute atomic E-state index is 5.48. The number of hydrogen-bond donors (Lipinski definition) is 1. The van der Waals surface area contributed by atoms with Crippen LogP contribution >= 0.6 is 0 Å². The number of likely N-dealkylation sites (N-methyl/N-ethyl adjacent to an activating group) is 1. The zero-order chi connectivity index (χ0) is 15.1. The fraction of sp³-hybridized carbons (Fsp3) is 0.467. The van der Waals surface area contributed by atoms with Crippen LogP contribution in [0.5, 0.6) is 5.75 Å². The van der Waals surface area contributed by atoms with Crippen molar-refractivity contribution in [2.24, 2.45) is 0 Å². The highest BCUT2D eigenvalue weighted by Crippen LogP contribution is 2.21. The van der Waals surface area contributed by atoms with Gasteiger partial charge in [0.1, 0.15) is 5.75 Å². The highest BCUT2D eigenvalue weighted by Gasteiger charge is 2.14. The number of aromatic nitrogens is 2. The van der Waals surface area contributed by atoms with Gasteiger partial charge in [-0.15, -0.1) is 0 Å². The molecule has 0 radical (unpaired) electrons. The third-order valence-electron chi connectivity index (χ3n) is 3.07. The van der Waals surface area contributed by atoms with Crippen LogP contribution in [0.4, 0.5) is 0 Å². The van der Waals surface area contributed by atoms with Gasteiger partial charge in [-0.2, -0.15) is 4.98 Å². The lowest BCUT2D eigenvalue weighted by atomic mass is 10.2. The zero-order valence-corrected chi connectivity index (χ0v) is 12.6. The minimum Gasteiger partial charge on any atom is -0.494 e. The molecular formula is C15H21N3O3. The van der Waals surface area contributed by atoms with Crippen molar-refractivity contribution in [2.45, 2.75) is 19.4 Å². The number of ether oxygens (including phenoxy) is 2. The summed E-state index contributed by atoms with van der Waals surface area (Å²) in [6.45, 7) is 3.17. The van der Waals surface area contributed by atoms with Crippen molar-refractivity contribution in [3.63, 3.8) is 0 Å². The molecule has 0 aliphatic carbocycles. The van der Waals surface area contributed by atoms with Gasteiger partial charge < -0.3 is 19.3 Å². The van der Waals surface area contributed by atoms with Crippen LogP contribution in [0.1, 0.15) is 12.8 Å². The van der Waals surface area contributed by atoms with E-state index in [1.807, 2.05) is 38.2 Å². The summed E-state index contributed by atoms with van der Waals surface area (Å²) in [5, 5.41) is 7.18. The molecule has 0 saturated heterocycles. The molecule has 1 N–H and O–H groups in total. The van der Waals surface area contributed by atoms with Gasteiger partial charge in [-0.25, -0.2) is 0 Å². The van der Waals surface area contributed by atoms with Crippen molar-refractivity contribution in [3.8, 4) is 17.1 Å².